The Labute approximate surface area is 111 Å². The highest BCUT2D eigenvalue weighted by Gasteiger charge is 2.11. The van der Waals surface area contributed by atoms with Gasteiger partial charge >= 0.3 is 0 Å². The van der Waals surface area contributed by atoms with Crippen LogP contribution in [0.2, 0.25) is 0 Å². The third-order valence-corrected chi connectivity index (χ3v) is 3.83. The summed E-state index contributed by atoms with van der Waals surface area (Å²) in [6.07, 6.45) is 3.24. The average Bonchev–Trinajstić information content (AvgIpc) is 2.61. The summed E-state index contributed by atoms with van der Waals surface area (Å²) in [4.78, 5) is 7.80. The molecule has 2 aromatic heterocycles. The van der Waals surface area contributed by atoms with E-state index in [0.717, 1.165) is 33.8 Å². The van der Waals surface area contributed by atoms with E-state index in [-0.39, 0.29) is 0 Å². The minimum Gasteiger partial charge on any atom is -0.329 e. The second-order valence-electron chi connectivity index (χ2n) is 4.25. The number of H-pyrrole nitrogens is 1. The van der Waals surface area contributed by atoms with Crippen molar-refractivity contribution in [3.05, 3.63) is 22.6 Å². The van der Waals surface area contributed by atoms with E-state index < -0.39 is 0 Å². The van der Waals surface area contributed by atoms with Crippen LogP contribution in [0.25, 0.3) is 11.2 Å². The van der Waals surface area contributed by atoms with Crippen LogP contribution < -0.4 is 0 Å². The first kappa shape index (κ1) is 12.6. The smallest absolute Gasteiger partial charge is 0.179 e. The number of imidazole rings is 1. The molecule has 3 nitrogen and oxygen atoms in total. The molecule has 0 radical (unpaired) electrons. The standard InChI is InChI=1S/C12H17N3S2/c1-8-4-5-10-11(13-8)15(12(16)14-10)9(2)6-7-17-3/h4-5,9H,6-7H2,1-3H3,(H,14,16). The lowest BCUT2D eigenvalue weighted by Gasteiger charge is -2.13. The first-order valence-corrected chi connectivity index (χ1v) is 7.50. The number of aromatic amines is 1. The molecule has 2 rings (SSSR count). The number of aromatic nitrogens is 3. The Hall–Kier alpha value is -0.810. The maximum Gasteiger partial charge on any atom is 0.179 e. The summed E-state index contributed by atoms with van der Waals surface area (Å²) in [5, 5.41) is 0. The summed E-state index contributed by atoms with van der Waals surface area (Å²) in [6, 6.07) is 4.44. The molecule has 92 valence electrons. The number of hydrogen-bond donors (Lipinski definition) is 1. The summed E-state index contributed by atoms with van der Waals surface area (Å²) in [5.74, 6) is 1.14. The average molecular weight is 267 g/mol. The van der Waals surface area contributed by atoms with Gasteiger partial charge in [-0.1, -0.05) is 0 Å². The Balaban J connectivity index is 2.48. The van der Waals surface area contributed by atoms with Crippen LogP contribution in [-0.4, -0.2) is 26.5 Å². The van der Waals surface area contributed by atoms with Gasteiger partial charge in [0.25, 0.3) is 0 Å². The van der Waals surface area contributed by atoms with E-state index in [9.17, 15) is 0 Å². The van der Waals surface area contributed by atoms with Crippen molar-refractivity contribution in [2.75, 3.05) is 12.0 Å². The lowest BCUT2D eigenvalue weighted by Crippen LogP contribution is -2.07. The largest absolute Gasteiger partial charge is 0.329 e. The quantitative estimate of drug-likeness (QED) is 0.857. The fourth-order valence-electron chi connectivity index (χ4n) is 1.92. The lowest BCUT2D eigenvalue weighted by atomic mass is 10.2. The van der Waals surface area contributed by atoms with Crippen molar-refractivity contribution in [3.8, 4) is 0 Å². The molecule has 5 heteroatoms. The molecular weight excluding hydrogens is 250 g/mol. The Kier molecular flexibility index (Phi) is 3.89. The maximum absolute atomic E-state index is 5.38. The number of nitrogens with one attached hydrogen (secondary N) is 1. The molecule has 0 saturated heterocycles. The van der Waals surface area contributed by atoms with Crippen LogP contribution in [0, 0.1) is 11.7 Å². The predicted molar refractivity (Wildman–Crippen MR) is 77.4 cm³/mol. The molecule has 1 atom stereocenters. The maximum atomic E-state index is 5.38. The van der Waals surface area contributed by atoms with E-state index in [1.807, 2.05) is 30.8 Å². The molecule has 0 aromatic carbocycles. The minimum atomic E-state index is 0.387. The number of fused-ring (bicyclic) bond motifs is 1. The zero-order valence-electron chi connectivity index (χ0n) is 10.4. The van der Waals surface area contributed by atoms with Crippen molar-refractivity contribution in [3.63, 3.8) is 0 Å². The third-order valence-electron chi connectivity index (χ3n) is 2.88. The van der Waals surface area contributed by atoms with Gasteiger partial charge in [-0.2, -0.15) is 11.8 Å². The first-order chi connectivity index (χ1) is 8.13. The highest BCUT2D eigenvalue weighted by atomic mass is 32.2. The van der Waals surface area contributed by atoms with Crippen molar-refractivity contribution >= 4 is 35.1 Å². The number of hydrogen-bond acceptors (Lipinski definition) is 3. The summed E-state index contributed by atoms with van der Waals surface area (Å²) < 4.78 is 2.90. The number of thioether (sulfide) groups is 1. The monoisotopic (exact) mass is 267 g/mol. The van der Waals surface area contributed by atoms with E-state index >= 15 is 0 Å². The second kappa shape index (κ2) is 5.23. The number of rotatable bonds is 4. The van der Waals surface area contributed by atoms with E-state index in [1.54, 1.807) is 0 Å². The fourth-order valence-corrected chi connectivity index (χ4v) is 2.88. The van der Waals surface area contributed by atoms with Crippen LogP contribution in [-0.2, 0) is 0 Å². The van der Waals surface area contributed by atoms with Gasteiger partial charge in [-0.05, 0) is 56.6 Å². The molecule has 0 aliphatic rings. The molecular formula is C12H17N3S2. The molecule has 0 amide bonds. The van der Waals surface area contributed by atoms with Gasteiger partial charge in [0.05, 0.1) is 5.52 Å². The minimum absolute atomic E-state index is 0.387. The Morgan fingerprint density at radius 3 is 3.00 bits per heavy atom. The molecule has 0 fully saturated rings. The molecule has 0 bridgehead atoms. The summed E-state index contributed by atoms with van der Waals surface area (Å²) in [5.41, 5.74) is 3.03. The van der Waals surface area contributed by atoms with Crippen LogP contribution in [0.4, 0.5) is 0 Å². The predicted octanol–water partition coefficient (Wildman–Crippen LogP) is 3.72. The molecule has 0 spiro atoms. The van der Waals surface area contributed by atoms with Crippen molar-refractivity contribution in [2.24, 2.45) is 0 Å². The van der Waals surface area contributed by atoms with Crippen LogP contribution in [0.3, 0.4) is 0 Å². The van der Waals surface area contributed by atoms with Crippen molar-refractivity contribution < 1.29 is 0 Å². The van der Waals surface area contributed by atoms with E-state index in [1.165, 1.54) is 0 Å². The lowest BCUT2D eigenvalue weighted by molar-refractivity contribution is 0.539. The summed E-state index contributed by atoms with van der Waals surface area (Å²) in [7, 11) is 0. The number of nitrogens with zero attached hydrogens (tertiary/aromatic N) is 2. The molecule has 1 N–H and O–H groups in total. The zero-order valence-corrected chi connectivity index (χ0v) is 12.0. The Morgan fingerprint density at radius 1 is 1.53 bits per heavy atom. The number of pyridine rings is 1. The molecule has 0 aliphatic heterocycles. The number of aryl methyl sites for hydroxylation is 1. The van der Waals surface area contributed by atoms with Gasteiger partial charge in [0.15, 0.2) is 10.4 Å². The van der Waals surface area contributed by atoms with Gasteiger partial charge in [-0.25, -0.2) is 4.98 Å². The Morgan fingerprint density at radius 2 is 2.29 bits per heavy atom. The van der Waals surface area contributed by atoms with Crippen LogP contribution in [0.15, 0.2) is 12.1 Å². The molecule has 2 heterocycles. The van der Waals surface area contributed by atoms with Crippen LogP contribution >= 0.6 is 24.0 Å². The highest BCUT2D eigenvalue weighted by Crippen LogP contribution is 2.21. The van der Waals surface area contributed by atoms with Gasteiger partial charge in [0.2, 0.25) is 0 Å². The molecule has 0 aliphatic carbocycles. The van der Waals surface area contributed by atoms with Gasteiger partial charge in [0, 0.05) is 11.7 Å². The van der Waals surface area contributed by atoms with Gasteiger partial charge in [0.1, 0.15) is 0 Å². The van der Waals surface area contributed by atoms with E-state index in [4.69, 9.17) is 12.2 Å². The molecule has 1 unspecified atom stereocenters. The van der Waals surface area contributed by atoms with Gasteiger partial charge in [-0.15, -0.1) is 0 Å². The topological polar surface area (TPSA) is 33.6 Å². The van der Waals surface area contributed by atoms with Gasteiger partial charge in [-0.3, -0.25) is 4.57 Å². The van der Waals surface area contributed by atoms with Crippen molar-refractivity contribution in [1.29, 1.82) is 0 Å². The van der Waals surface area contributed by atoms with Crippen LogP contribution in [0.5, 0.6) is 0 Å². The Bertz CT molecular complexity index is 571. The zero-order chi connectivity index (χ0) is 12.4. The molecule has 17 heavy (non-hydrogen) atoms. The van der Waals surface area contributed by atoms with E-state index in [0.29, 0.717) is 6.04 Å². The highest BCUT2D eigenvalue weighted by molar-refractivity contribution is 7.98. The first-order valence-electron chi connectivity index (χ1n) is 5.70. The molecule has 0 saturated carbocycles. The summed E-state index contributed by atoms with van der Waals surface area (Å²) in [6.45, 7) is 4.20. The molecule has 2 aromatic rings. The normalized spacial score (nSPS) is 13.1. The van der Waals surface area contributed by atoms with Crippen molar-refractivity contribution in [1.82, 2.24) is 14.5 Å². The van der Waals surface area contributed by atoms with Gasteiger partial charge < -0.3 is 4.98 Å². The van der Waals surface area contributed by atoms with E-state index in [2.05, 4.69) is 27.7 Å². The SMILES string of the molecule is CSCCC(C)n1c(=S)[nH]c2ccc(C)nc21. The third kappa shape index (κ3) is 2.55. The fraction of sp³-hybridized carbons (Fsp3) is 0.500. The van der Waals surface area contributed by atoms with Crippen molar-refractivity contribution in [2.45, 2.75) is 26.3 Å². The van der Waals surface area contributed by atoms with Crippen LogP contribution in [0.1, 0.15) is 25.1 Å². The second-order valence-corrected chi connectivity index (χ2v) is 5.63. The summed E-state index contributed by atoms with van der Waals surface area (Å²) >= 11 is 7.25.